The minimum absolute atomic E-state index is 0.0303. The Labute approximate surface area is 177 Å². The van der Waals surface area contributed by atoms with E-state index in [0.29, 0.717) is 18.7 Å². The molecule has 1 aliphatic carbocycles. The van der Waals surface area contributed by atoms with Gasteiger partial charge >= 0.3 is 0 Å². The van der Waals surface area contributed by atoms with Crippen molar-refractivity contribution in [1.82, 2.24) is 15.1 Å². The van der Waals surface area contributed by atoms with Gasteiger partial charge in [-0.3, -0.25) is 4.79 Å². The molecule has 156 valence electrons. The normalized spacial score (nSPS) is 13.3. The van der Waals surface area contributed by atoms with E-state index in [4.69, 9.17) is 5.10 Å². The lowest BCUT2D eigenvalue weighted by molar-refractivity contribution is -0.120. The monoisotopic (exact) mass is 405 g/mol. The van der Waals surface area contributed by atoms with E-state index < -0.39 is 0 Å². The Kier molecular flexibility index (Phi) is 5.46. The maximum absolute atomic E-state index is 13.8. The first-order chi connectivity index (χ1) is 14.3. The van der Waals surface area contributed by atoms with Crippen LogP contribution in [0.15, 0.2) is 48.5 Å². The van der Waals surface area contributed by atoms with E-state index in [1.54, 1.807) is 10.7 Å². The predicted octanol–water partition coefficient (Wildman–Crippen LogP) is 4.66. The molecule has 1 heterocycles. The Hall–Kier alpha value is -2.95. The molecule has 0 unspecified atom stereocenters. The molecule has 3 aromatic rings. The van der Waals surface area contributed by atoms with Crippen LogP contribution in [0, 0.1) is 5.82 Å². The fourth-order valence-electron chi connectivity index (χ4n) is 3.92. The van der Waals surface area contributed by atoms with Crippen molar-refractivity contribution < 1.29 is 9.18 Å². The van der Waals surface area contributed by atoms with E-state index in [1.165, 1.54) is 29.7 Å². The van der Waals surface area contributed by atoms with Crippen LogP contribution in [0.3, 0.4) is 0 Å². The molecule has 0 spiro atoms. The van der Waals surface area contributed by atoms with E-state index in [-0.39, 0.29) is 17.1 Å². The van der Waals surface area contributed by atoms with Crippen molar-refractivity contribution >= 4 is 5.91 Å². The fraction of sp³-hybridized carbons (Fsp3) is 0.360. The Balaban J connectivity index is 1.50. The number of carbonyl (C=O) groups is 1. The third-order valence-corrected chi connectivity index (χ3v) is 5.60. The topological polar surface area (TPSA) is 46.9 Å². The first-order valence-corrected chi connectivity index (χ1v) is 10.5. The van der Waals surface area contributed by atoms with Gasteiger partial charge in [-0.05, 0) is 60.2 Å². The van der Waals surface area contributed by atoms with Gasteiger partial charge in [-0.15, -0.1) is 0 Å². The maximum atomic E-state index is 13.8. The van der Waals surface area contributed by atoms with Crippen LogP contribution in [0.2, 0.25) is 0 Å². The van der Waals surface area contributed by atoms with Crippen LogP contribution in [0.1, 0.15) is 55.3 Å². The van der Waals surface area contributed by atoms with Gasteiger partial charge in [0.1, 0.15) is 5.82 Å². The molecular weight excluding hydrogens is 377 g/mol. The van der Waals surface area contributed by atoms with E-state index in [9.17, 15) is 9.18 Å². The van der Waals surface area contributed by atoms with Crippen LogP contribution in [0.4, 0.5) is 4.39 Å². The molecule has 0 bridgehead atoms. The molecule has 0 aliphatic heterocycles. The zero-order valence-electron chi connectivity index (χ0n) is 17.8. The summed E-state index contributed by atoms with van der Waals surface area (Å²) >= 11 is 0. The molecule has 0 atom stereocenters. The minimum atomic E-state index is -0.313. The van der Waals surface area contributed by atoms with Crippen molar-refractivity contribution in [2.75, 3.05) is 0 Å². The number of nitrogens with one attached hydrogen (secondary N) is 1. The summed E-state index contributed by atoms with van der Waals surface area (Å²) in [5, 5.41) is 7.70. The molecular formula is C25H28FN3O. The summed E-state index contributed by atoms with van der Waals surface area (Å²) in [7, 11) is 0. The zero-order chi connectivity index (χ0) is 21.3. The number of carbonyl (C=O) groups excluding carboxylic acids is 1. The van der Waals surface area contributed by atoms with Gasteiger partial charge in [0.2, 0.25) is 5.91 Å². The lowest BCUT2D eigenvalue weighted by Gasteiger charge is -2.14. The Morgan fingerprint density at radius 2 is 1.90 bits per heavy atom. The summed E-state index contributed by atoms with van der Waals surface area (Å²) in [5.74, 6) is -0.343. The highest BCUT2D eigenvalue weighted by Gasteiger charge is 2.21. The summed E-state index contributed by atoms with van der Waals surface area (Å²) in [6.45, 7) is 6.59. The van der Waals surface area contributed by atoms with Crippen LogP contribution < -0.4 is 5.32 Å². The fourth-order valence-corrected chi connectivity index (χ4v) is 3.92. The number of amides is 1. The highest BCUT2D eigenvalue weighted by Crippen LogP contribution is 2.25. The van der Waals surface area contributed by atoms with Gasteiger partial charge in [0.15, 0.2) is 0 Å². The first-order valence-electron chi connectivity index (χ1n) is 10.5. The number of benzene rings is 2. The lowest BCUT2D eigenvalue weighted by Crippen LogP contribution is -2.25. The molecule has 4 nitrogen and oxygen atoms in total. The molecule has 1 aromatic heterocycles. The molecule has 0 saturated carbocycles. The third kappa shape index (κ3) is 4.45. The molecule has 30 heavy (non-hydrogen) atoms. The largest absolute Gasteiger partial charge is 0.350 e. The number of halogens is 1. The number of aromatic nitrogens is 2. The van der Waals surface area contributed by atoms with E-state index in [0.717, 1.165) is 29.8 Å². The number of hydrogen-bond acceptors (Lipinski definition) is 2. The van der Waals surface area contributed by atoms with Crippen LogP contribution in [-0.2, 0) is 36.0 Å². The SMILES string of the molecule is CC(C)(C)c1cc(CNC(=O)Cc2ccc3c(c2)CCC3)n(-c2cccc(F)c2)n1. The van der Waals surface area contributed by atoms with Gasteiger partial charge in [-0.25, -0.2) is 9.07 Å². The summed E-state index contributed by atoms with van der Waals surface area (Å²) < 4.78 is 15.5. The number of rotatable bonds is 5. The molecule has 1 amide bonds. The number of nitrogens with zero attached hydrogens (tertiary/aromatic N) is 2. The number of fused-ring (bicyclic) bond motifs is 1. The second-order valence-electron chi connectivity index (χ2n) is 9.07. The second kappa shape index (κ2) is 8.05. The van der Waals surface area contributed by atoms with E-state index in [1.807, 2.05) is 12.1 Å². The van der Waals surface area contributed by atoms with Crippen molar-refractivity contribution in [1.29, 1.82) is 0 Å². The number of aryl methyl sites for hydroxylation is 2. The van der Waals surface area contributed by atoms with E-state index >= 15 is 0 Å². The first kappa shape index (κ1) is 20.3. The molecule has 2 aromatic carbocycles. The molecule has 0 radical (unpaired) electrons. The highest BCUT2D eigenvalue weighted by molar-refractivity contribution is 5.78. The summed E-state index contributed by atoms with van der Waals surface area (Å²) in [6.07, 6.45) is 3.80. The Morgan fingerprint density at radius 3 is 2.67 bits per heavy atom. The Morgan fingerprint density at radius 1 is 1.10 bits per heavy atom. The zero-order valence-corrected chi connectivity index (χ0v) is 17.8. The summed E-state index contributed by atoms with van der Waals surface area (Å²) in [4.78, 5) is 12.6. The van der Waals surface area contributed by atoms with Crippen LogP contribution in [0.5, 0.6) is 0 Å². The Bertz CT molecular complexity index is 1080. The van der Waals surface area contributed by atoms with E-state index in [2.05, 4.69) is 44.3 Å². The second-order valence-corrected chi connectivity index (χ2v) is 9.07. The van der Waals surface area contributed by atoms with Crippen molar-refractivity contribution in [3.8, 4) is 5.69 Å². The van der Waals surface area contributed by atoms with Crippen LogP contribution >= 0.6 is 0 Å². The van der Waals surface area contributed by atoms with Crippen LogP contribution in [-0.4, -0.2) is 15.7 Å². The smallest absolute Gasteiger partial charge is 0.224 e. The van der Waals surface area contributed by atoms with Crippen LogP contribution in [0.25, 0.3) is 5.69 Å². The average molecular weight is 406 g/mol. The predicted molar refractivity (Wildman–Crippen MR) is 116 cm³/mol. The molecule has 4 rings (SSSR count). The molecule has 0 fully saturated rings. The highest BCUT2D eigenvalue weighted by atomic mass is 19.1. The van der Waals surface area contributed by atoms with Gasteiger partial charge in [0.25, 0.3) is 0 Å². The van der Waals surface area contributed by atoms with Crippen molar-refractivity contribution in [3.63, 3.8) is 0 Å². The molecule has 1 aliphatic rings. The maximum Gasteiger partial charge on any atom is 0.224 e. The van der Waals surface area contributed by atoms with Gasteiger partial charge < -0.3 is 5.32 Å². The average Bonchev–Trinajstić information content (AvgIpc) is 3.32. The van der Waals surface area contributed by atoms with Crippen molar-refractivity contribution in [3.05, 3.63) is 82.4 Å². The quantitative estimate of drug-likeness (QED) is 0.671. The van der Waals surface area contributed by atoms with Crippen molar-refractivity contribution in [2.24, 2.45) is 0 Å². The minimum Gasteiger partial charge on any atom is -0.350 e. The molecule has 1 N–H and O–H groups in total. The summed E-state index contributed by atoms with van der Waals surface area (Å²) in [5.41, 5.74) is 6.05. The van der Waals surface area contributed by atoms with Gasteiger partial charge in [0.05, 0.1) is 30.0 Å². The van der Waals surface area contributed by atoms with Gasteiger partial charge in [-0.2, -0.15) is 5.10 Å². The lowest BCUT2D eigenvalue weighted by atomic mass is 9.92. The van der Waals surface area contributed by atoms with Gasteiger partial charge in [-0.1, -0.05) is 45.0 Å². The summed E-state index contributed by atoms with van der Waals surface area (Å²) in [6, 6.07) is 14.7. The molecule has 0 saturated heterocycles. The standard InChI is InChI=1S/C25H28FN3O/c1-25(2,3)23-15-22(29(28-23)21-9-5-8-20(26)14-21)16-27-24(30)13-17-10-11-18-6-4-7-19(18)12-17/h5,8-12,14-15H,4,6-7,13,16H2,1-3H3,(H,27,30). The molecule has 5 heteroatoms. The van der Waals surface area contributed by atoms with Crippen molar-refractivity contribution in [2.45, 2.75) is 58.4 Å². The van der Waals surface area contributed by atoms with Gasteiger partial charge in [0, 0.05) is 5.41 Å². The third-order valence-electron chi connectivity index (χ3n) is 5.60. The number of hydrogen-bond donors (Lipinski definition) is 1.